The topological polar surface area (TPSA) is 52.3 Å². The average molecular weight is 371 g/mol. The Balaban J connectivity index is 1.57. The van der Waals surface area contributed by atoms with E-state index in [9.17, 15) is 13.6 Å². The summed E-state index contributed by atoms with van der Waals surface area (Å²) in [7, 11) is 0. The van der Waals surface area contributed by atoms with Gasteiger partial charge in [-0.3, -0.25) is 4.79 Å². The first kappa shape index (κ1) is 16.4. The van der Waals surface area contributed by atoms with Crippen LogP contribution in [-0.4, -0.2) is 11.3 Å². The van der Waals surface area contributed by atoms with Gasteiger partial charge >= 0.3 is 0 Å². The van der Waals surface area contributed by atoms with E-state index in [0.717, 1.165) is 6.07 Å². The van der Waals surface area contributed by atoms with Gasteiger partial charge in [-0.15, -0.1) is 11.3 Å². The minimum Gasteiger partial charge on any atom is -0.486 e. The summed E-state index contributed by atoms with van der Waals surface area (Å²) in [6.45, 7) is 0.242. The van der Waals surface area contributed by atoms with Crippen LogP contribution in [0.3, 0.4) is 0 Å². The number of carbonyl (C=O) groups is 1. The Kier molecular flexibility index (Phi) is 4.22. The van der Waals surface area contributed by atoms with Crippen molar-refractivity contribution >= 4 is 28.6 Å². The van der Waals surface area contributed by atoms with Crippen molar-refractivity contribution in [1.82, 2.24) is 4.98 Å². The summed E-state index contributed by atoms with van der Waals surface area (Å²) in [4.78, 5) is 14.7. The lowest BCUT2D eigenvalue weighted by Crippen LogP contribution is -1.95. The van der Waals surface area contributed by atoms with Crippen molar-refractivity contribution in [2.24, 2.45) is 0 Å². The Morgan fingerprint density at radius 3 is 2.73 bits per heavy atom. The summed E-state index contributed by atoms with van der Waals surface area (Å²) < 4.78 is 38.6. The van der Waals surface area contributed by atoms with E-state index in [0.29, 0.717) is 39.4 Å². The highest BCUT2D eigenvalue weighted by Gasteiger charge is 2.16. The number of fused-ring (bicyclic) bond motifs is 1. The fraction of sp³-hybridized carbons (Fsp3) is 0.0526. The molecule has 4 rings (SSSR count). The summed E-state index contributed by atoms with van der Waals surface area (Å²) in [6.07, 6.45) is 2.02. The van der Waals surface area contributed by atoms with Gasteiger partial charge in [-0.2, -0.15) is 0 Å². The fourth-order valence-corrected chi connectivity index (χ4v) is 3.26. The highest BCUT2D eigenvalue weighted by Crippen LogP contribution is 2.33. The molecule has 4 nitrogen and oxygen atoms in total. The molecule has 2 aromatic heterocycles. The lowest BCUT2D eigenvalue weighted by atomic mass is 10.0. The minimum atomic E-state index is -0.927. The number of furan rings is 1. The van der Waals surface area contributed by atoms with Crippen LogP contribution in [0.2, 0.25) is 0 Å². The smallest absolute Gasteiger partial charge is 0.169 e. The molecule has 0 saturated heterocycles. The number of hydrogen-bond donors (Lipinski definition) is 0. The maximum atomic E-state index is 13.8. The first-order chi connectivity index (χ1) is 12.7. The molecule has 130 valence electrons. The minimum absolute atomic E-state index is 0.107. The van der Waals surface area contributed by atoms with Crippen molar-refractivity contribution in [3.63, 3.8) is 0 Å². The van der Waals surface area contributed by atoms with Gasteiger partial charge in [0, 0.05) is 10.9 Å². The van der Waals surface area contributed by atoms with E-state index < -0.39 is 11.6 Å². The van der Waals surface area contributed by atoms with Crippen molar-refractivity contribution in [2.75, 3.05) is 0 Å². The van der Waals surface area contributed by atoms with Crippen LogP contribution in [-0.2, 0) is 6.61 Å². The maximum absolute atomic E-state index is 13.8. The van der Waals surface area contributed by atoms with Crippen molar-refractivity contribution in [3.05, 3.63) is 70.4 Å². The summed E-state index contributed by atoms with van der Waals surface area (Å²) in [5.74, 6) is -1.26. The predicted octanol–water partition coefficient (Wildman–Crippen LogP) is 5.23. The lowest BCUT2D eigenvalue weighted by molar-refractivity contribution is 0.111. The van der Waals surface area contributed by atoms with Crippen LogP contribution in [0, 0.1) is 11.6 Å². The van der Waals surface area contributed by atoms with Gasteiger partial charge in [0.05, 0.1) is 11.6 Å². The second kappa shape index (κ2) is 6.68. The van der Waals surface area contributed by atoms with Crippen LogP contribution in [0.15, 0.2) is 52.5 Å². The molecule has 4 aromatic rings. The molecular formula is C19H11F2NO3S. The normalized spacial score (nSPS) is 11.0. The van der Waals surface area contributed by atoms with E-state index in [2.05, 4.69) is 4.98 Å². The molecule has 0 unspecified atom stereocenters. The standard InChI is InChI=1S/C19H11F2NO3S/c20-16-7-15(19-14(18(16)21)5-6-24-19)11-1-3-13(4-2-11)25-9-17-22-12(8-23)10-26-17/h1-8,10H,9H2. The number of aromatic nitrogens is 1. The third kappa shape index (κ3) is 2.97. The van der Waals surface area contributed by atoms with Gasteiger partial charge in [-0.1, -0.05) is 12.1 Å². The number of carbonyl (C=O) groups excluding carboxylic acids is 1. The molecular weight excluding hydrogens is 360 g/mol. The van der Waals surface area contributed by atoms with E-state index in [-0.39, 0.29) is 12.0 Å². The molecule has 0 N–H and O–H groups in total. The first-order valence-corrected chi connectivity index (χ1v) is 8.51. The highest BCUT2D eigenvalue weighted by atomic mass is 32.1. The van der Waals surface area contributed by atoms with Crippen LogP contribution < -0.4 is 4.74 Å². The Bertz CT molecular complexity index is 1090. The van der Waals surface area contributed by atoms with Gasteiger partial charge in [-0.25, -0.2) is 13.8 Å². The van der Waals surface area contributed by atoms with Crippen molar-refractivity contribution in [2.45, 2.75) is 6.61 Å². The average Bonchev–Trinajstić information content (AvgIpc) is 3.33. The molecule has 0 bridgehead atoms. The molecule has 2 aromatic carbocycles. The summed E-state index contributed by atoms with van der Waals surface area (Å²) >= 11 is 1.34. The molecule has 0 atom stereocenters. The van der Waals surface area contributed by atoms with Crippen molar-refractivity contribution in [3.8, 4) is 16.9 Å². The Morgan fingerprint density at radius 1 is 1.19 bits per heavy atom. The Labute approximate surface area is 150 Å². The predicted molar refractivity (Wildman–Crippen MR) is 93.4 cm³/mol. The number of thiazole rings is 1. The molecule has 26 heavy (non-hydrogen) atoms. The number of aldehydes is 1. The lowest BCUT2D eigenvalue weighted by Gasteiger charge is -2.07. The fourth-order valence-electron chi connectivity index (χ4n) is 2.61. The van der Waals surface area contributed by atoms with Gasteiger partial charge in [0.15, 0.2) is 17.9 Å². The zero-order valence-corrected chi connectivity index (χ0v) is 14.1. The number of ether oxygens (including phenoxy) is 1. The molecule has 0 aliphatic heterocycles. The van der Waals surface area contributed by atoms with Gasteiger partial charge < -0.3 is 9.15 Å². The van der Waals surface area contributed by atoms with E-state index in [1.165, 1.54) is 23.7 Å². The number of rotatable bonds is 5. The third-order valence-electron chi connectivity index (χ3n) is 3.84. The summed E-state index contributed by atoms with van der Waals surface area (Å²) in [5.41, 5.74) is 1.81. The van der Waals surface area contributed by atoms with Crippen LogP contribution >= 0.6 is 11.3 Å². The molecule has 0 saturated carbocycles. The van der Waals surface area contributed by atoms with Crippen LogP contribution in [0.1, 0.15) is 15.5 Å². The molecule has 0 radical (unpaired) electrons. The number of hydrogen-bond acceptors (Lipinski definition) is 5. The molecule has 7 heteroatoms. The largest absolute Gasteiger partial charge is 0.486 e. The van der Waals surface area contributed by atoms with Crippen LogP contribution in [0.5, 0.6) is 5.75 Å². The quantitative estimate of drug-likeness (QED) is 0.451. The maximum Gasteiger partial charge on any atom is 0.169 e. The van der Waals surface area contributed by atoms with Crippen molar-refractivity contribution < 1.29 is 22.7 Å². The zero-order chi connectivity index (χ0) is 18.1. The van der Waals surface area contributed by atoms with E-state index in [1.54, 1.807) is 29.6 Å². The zero-order valence-electron chi connectivity index (χ0n) is 13.2. The third-order valence-corrected chi connectivity index (χ3v) is 4.69. The monoisotopic (exact) mass is 371 g/mol. The van der Waals surface area contributed by atoms with Gasteiger partial charge in [0.25, 0.3) is 0 Å². The van der Waals surface area contributed by atoms with E-state index in [4.69, 9.17) is 9.15 Å². The second-order valence-electron chi connectivity index (χ2n) is 5.48. The Hall–Kier alpha value is -3.06. The number of halogens is 2. The molecule has 0 aliphatic rings. The molecule has 0 aliphatic carbocycles. The molecule has 0 fully saturated rings. The number of nitrogens with zero attached hydrogens (tertiary/aromatic N) is 1. The van der Waals surface area contributed by atoms with Gasteiger partial charge in [0.1, 0.15) is 28.6 Å². The van der Waals surface area contributed by atoms with Gasteiger partial charge in [-0.05, 0) is 29.8 Å². The van der Waals surface area contributed by atoms with Crippen LogP contribution in [0.25, 0.3) is 22.1 Å². The van der Waals surface area contributed by atoms with E-state index >= 15 is 0 Å². The van der Waals surface area contributed by atoms with Gasteiger partial charge in [0.2, 0.25) is 0 Å². The SMILES string of the molecule is O=Cc1csc(COc2ccc(-c3cc(F)c(F)c4ccoc34)cc2)n1. The second-order valence-corrected chi connectivity index (χ2v) is 6.42. The highest BCUT2D eigenvalue weighted by molar-refractivity contribution is 7.09. The molecule has 2 heterocycles. The molecule has 0 amide bonds. The molecule has 0 spiro atoms. The first-order valence-electron chi connectivity index (χ1n) is 7.63. The summed E-state index contributed by atoms with van der Waals surface area (Å²) in [6, 6.07) is 9.44. The van der Waals surface area contributed by atoms with E-state index in [1.807, 2.05) is 0 Å². The van der Waals surface area contributed by atoms with Crippen LogP contribution in [0.4, 0.5) is 8.78 Å². The van der Waals surface area contributed by atoms with Crippen molar-refractivity contribution in [1.29, 1.82) is 0 Å². The summed E-state index contributed by atoms with van der Waals surface area (Å²) in [5, 5.41) is 2.45. The Morgan fingerprint density at radius 2 is 2.00 bits per heavy atom. The number of benzene rings is 2.